The molecule has 1 aliphatic heterocycles. The van der Waals surface area contributed by atoms with Crippen LogP contribution in [0.1, 0.15) is 59.0 Å². The number of hydrogen-bond donors (Lipinski definition) is 2. The minimum Gasteiger partial charge on any atom is -0.478 e. The highest BCUT2D eigenvalue weighted by atomic mass is 19.1. The summed E-state index contributed by atoms with van der Waals surface area (Å²) in [5, 5.41) is 19.8. The summed E-state index contributed by atoms with van der Waals surface area (Å²) in [5.41, 5.74) is 5.66. The molecule has 1 fully saturated rings. The number of aliphatic hydroxyl groups is 1. The molecule has 0 saturated carbocycles. The van der Waals surface area contributed by atoms with Crippen molar-refractivity contribution in [3.05, 3.63) is 94.3 Å². The van der Waals surface area contributed by atoms with Gasteiger partial charge in [0.2, 0.25) is 0 Å². The van der Waals surface area contributed by atoms with Gasteiger partial charge in [-0.2, -0.15) is 0 Å². The molecule has 1 saturated heterocycles. The molecule has 40 heavy (non-hydrogen) atoms. The zero-order valence-electron chi connectivity index (χ0n) is 24.4. The van der Waals surface area contributed by atoms with Crippen LogP contribution in [0.4, 0.5) is 4.39 Å². The summed E-state index contributed by atoms with van der Waals surface area (Å²) in [5.74, 6) is -1.04. The minimum absolute atomic E-state index is 0.116. The maximum Gasteiger partial charge on any atom is 0.335 e. The molecular weight excluding hydrogens is 509 g/mol. The van der Waals surface area contributed by atoms with Gasteiger partial charge in [-0.3, -0.25) is 4.90 Å². The topological polar surface area (TPSA) is 79.2 Å². The molecule has 0 amide bonds. The molecule has 0 aliphatic carbocycles. The van der Waals surface area contributed by atoms with Crippen LogP contribution in [0.5, 0.6) is 0 Å². The molecule has 216 valence electrons. The molecule has 4 atom stereocenters. The molecule has 2 N–H and O–H groups in total. The normalized spacial score (nSPS) is 18.6. The third-order valence-corrected chi connectivity index (χ3v) is 7.48. The second kappa shape index (κ2) is 14.5. The van der Waals surface area contributed by atoms with E-state index in [4.69, 9.17) is 9.47 Å². The first-order valence-electron chi connectivity index (χ1n) is 13.7. The molecule has 7 heteroatoms. The number of methoxy groups -OCH3 is 1. The number of carboxylic acid groups (broad SMARTS) is 1. The summed E-state index contributed by atoms with van der Waals surface area (Å²) in [6.45, 7) is 11.2. The molecule has 1 aliphatic rings. The van der Waals surface area contributed by atoms with Crippen LogP contribution in [-0.2, 0) is 9.47 Å². The van der Waals surface area contributed by atoms with E-state index < -0.39 is 12.1 Å². The molecule has 6 nitrogen and oxygen atoms in total. The van der Waals surface area contributed by atoms with E-state index in [1.54, 1.807) is 33.1 Å². The van der Waals surface area contributed by atoms with E-state index in [2.05, 4.69) is 11.8 Å². The second-order valence-electron chi connectivity index (χ2n) is 10.7. The van der Waals surface area contributed by atoms with Gasteiger partial charge in [-0.15, -0.1) is 0 Å². The Morgan fingerprint density at radius 2 is 1.80 bits per heavy atom. The minimum atomic E-state index is -0.924. The van der Waals surface area contributed by atoms with Crippen LogP contribution >= 0.6 is 0 Å². The summed E-state index contributed by atoms with van der Waals surface area (Å²) in [4.78, 5) is 13.6. The number of likely N-dealkylation sites (tertiary alicyclic amines) is 1. The lowest BCUT2D eigenvalue weighted by Gasteiger charge is -2.25. The van der Waals surface area contributed by atoms with Crippen LogP contribution in [-0.4, -0.2) is 66.1 Å². The van der Waals surface area contributed by atoms with Crippen LogP contribution in [0.15, 0.2) is 60.7 Å². The van der Waals surface area contributed by atoms with E-state index in [1.165, 1.54) is 6.07 Å². The van der Waals surface area contributed by atoms with Crippen molar-refractivity contribution < 1.29 is 28.9 Å². The Morgan fingerprint density at radius 1 is 1.07 bits per heavy atom. The Kier molecular flexibility index (Phi) is 11.4. The number of β-amino-alcohol motifs (C(OH)–C–C–N with tert-alkyl or cyclic N) is 1. The fraction of sp³-hybridized carbons (Fsp3) is 0.424. The van der Waals surface area contributed by atoms with E-state index >= 15 is 0 Å². The van der Waals surface area contributed by atoms with Crippen molar-refractivity contribution in [1.82, 2.24) is 4.90 Å². The van der Waals surface area contributed by atoms with Gasteiger partial charge >= 0.3 is 5.97 Å². The van der Waals surface area contributed by atoms with E-state index in [-0.39, 0.29) is 24.6 Å². The lowest BCUT2D eigenvalue weighted by molar-refractivity contribution is -0.0175. The van der Waals surface area contributed by atoms with Crippen molar-refractivity contribution in [3.8, 4) is 11.1 Å². The zero-order valence-corrected chi connectivity index (χ0v) is 24.4. The summed E-state index contributed by atoms with van der Waals surface area (Å²) in [6.07, 6.45) is 0.413. The van der Waals surface area contributed by atoms with Gasteiger partial charge in [-0.05, 0) is 86.6 Å². The number of nitrogens with zero attached hydrogens (tertiary/aromatic N) is 1. The third kappa shape index (κ3) is 8.45. The van der Waals surface area contributed by atoms with Gasteiger partial charge in [0.25, 0.3) is 0 Å². The number of hydrogen-bond acceptors (Lipinski definition) is 5. The van der Waals surface area contributed by atoms with Crippen molar-refractivity contribution in [2.24, 2.45) is 0 Å². The lowest BCUT2D eigenvalue weighted by atomic mass is 9.94. The Balaban J connectivity index is 0.000000415. The number of benzene rings is 3. The number of rotatable bonds is 9. The van der Waals surface area contributed by atoms with Gasteiger partial charge < -0.3 is 19.7 Å². The predicted octanol–water partition coefficient (Wildman–Crippen LogP) is 6.35. The largest absolute Gasteiger partial charge is 0.478 e. The van der Waals surface area contributed by atoms with Gasteiger partial charge in [-0.25, -0.2) is 9.18 Å². The molecule has 4 unspecified atom stereocenters. The van der Waals surface area contributed by atoms with Crippen molar-refractivity contribution in [3.63, 3.8) is 0 Å². The Morgan fingerprint density at radius 3 is 2.40 bits per heavy atom. The second-order valence-corrected chi connectivity index (χ2v) is 10.7. The fourth-order valence-electron chi connectivity index (χ4n) is 5.02. The Labute approximate surface area is 237 Å². The quantitative estimate of drug-likeness (QED) is 0.323. The molecule has 0 radical (unpaired) electrons. The average Bonchev–Trinajstić information content (AvgIpc) is 3.28. The monoisotopic (exact) mass is 551 g/mol. The first-order chi connectivity index (χ1) is 19.0. The number of carbonyl (C=O) groups is 1. The van der Waals surface area contributed by atoms with Crippen LogP contribution in [0, 0.1) is 26.6 Å². The molecule has 4 rings (SSSR count). The lowest BCUT2D eigenvalue weighted by Crippen LogP contribution is -2.37. The van der Waals surface area contributed by atoms with Gasteiger partial charge in [0.05, 0.1) is 30.5 Å². The van der Waals surface area contributed by atoms with Gasteiger partial charge in [0, 0.05) is 26.2 Å². The van der Waals surface area contributed by atoms with E-state index in [1.807, 2.05) is 56.3 Å². The number of aromatic carboxylic acids is 1. The van der Waals surface area contributed by atoms with Crippen LogP contribution in [0.25, 0.3) is 11.1 Å². The van der Waals surface area contributed by atoms with Crippen molar-refractivity contribution in [1.29, 1.82) is 0 Å². The molecule has 0 bridgehead atoms. The Bertz CT molecular complexity index is 1280. The highest BCUT2D eigenvalue weighted by Gasteiger charge is 2.30. The number of halogens is 1. The predicted molar refractivity (Wildman–Crippen MR) is 156 cm³/mol. The zero-order chi connectivity index (χ0) is 29.4. The van der Waals surface area contributed by atoms with Gasteiger partial charge in [0.15, 0.2) is 0 Å². The van der Waals surface area contributed by atoms with Crippen LogP contribution in [0.2, 0.25) is 0 Å². The van der Waals surface area contributed by atoms with Crippen LogP contribution < -0.4 is 0 Å². The highest BCUT2D eigenvalue weighted by Crippen LogP contribution is 2.31. The van der Waals surface area contributed by atoms with Gasteiger partial charge in [0.1, 0.15) is 5.82 Å². The SMILES string of the molecule is COC1CC(C)N(CC(O)COC(C)c2ccccc2-c2ccc(C(=O)O)c(C)c2)C1.Cc1ccc(C)c(F)c1. The maximum atomic E-state index is 12.6. The standard InChI is InChI=1S/C25H33NO5.C8H9F/c1-16-11-19(9-10-22(16)25(28)29)24-8-6-5-7-23(24)18(3)31-15-20(27)13-26-14-21(30-4)12-17(26)2;1-6-3-4-7(2)8(9)5-6/h5-11,17-18,20-21,27H,12-15H2,1-4H3,(H,28,29);3-5H,1-2H3. The first-order valence-corrected chi connectivity index (χ1v) is 13.7. The summed E-state index contributed by atoms with van der Waals surface area (Å²) in [6, 6.07) is 18.9. The van der Waals surface area contributed by atoms with Crippen LogP contribution in [0.3, 0.4) is 0 Å². The van der Waals surface area contributed by atoms with E-state index in [0.717, 1.165) is 40.8 Å². The first kappa shape index (κ1) is 31.4. The van der Waals surface area contributed by atoms with Gasteiger partial charge in [-0.1, -0.05) is 48.5 Å². The molecule has 1 heterocycles. The van der Waals surface area contributed by atoms with Crippen molar-refractivity contribution in [2.75, 3.05) is 26.8 Å². The summed E-state index contributed by atoms with van der Waals surface area (Å²) >= 11 is 0. The number of aliphatic hydroxyl groups excluding tert-OH is 1. The Hall–Kier alpha value is -3.10. The summed E-state index contributed by atoms with van der Waals surface area (Å²) < 4.78 is 24.1. The number of aryl methyl sites for hydroxylation is 3. The molecular formula is C33H42FNO5. The van der Waals surface area contributed by atoms with Crippen molar-refractivity contribution >= 4 is 5.97 Å². The molecule has 0 spiro atoms. The average molecular weight is 552 g/mol. The molecule has 0 aromatic heterocycles. The molecule has 3 aromatic carbocycles. The van der Waals surface area contributed by atoms with E-state index in [9.17, 15) is 19.4 Å². The van der Waals surface area contributed by atoms with Crippen molar-refractivity contribution in [2.45, 2.75) is 65.4 Å². The maximum absolute atomic E-state index is 12.6. The van der Waals surface area contributed by atoms with E-state index in [0.29, 0.717) is 23.7 Å². The number of ether oxygens (including phenoxy) is 2. The molecule has 3 aromatic rings. The smallest absolute Gasteiger partial charge is 0.335 e. The summed E-state index contributed by atoms with van der Waals surface area (Å²) in [7, 11) is 1.73. The third-order valence-electron chi connectivity index (χ3n) is 7.48. The number of carboxylic acids is 1. The highest BCUT2D eigenvalue weighted by molar-refractivity contribution is 5.90. The fourth-order valence-corrected chi connectivity index (χ4v) is 5.02.